The largest absolute Gasteiger partial charge is 0.471 e. The molecule has 0 aromatic carbocycles. The van der Waals surface area contributed by atoms with E-state index in [2.05, 4.69) is 0 Å². The number of halogens is 3. The fraction of sp³-hybridized carbons (Fsp3) is 0.923. The topological polar surface area (TPSA) is 38.3 Å². The van der Waals surface area contributed by atoms with Gasteiger partial charge in [-0.1, -0.05) is 19.8 Å². The maximum atomic E-state index is 12.3. The first-order valence-corrected chi connectivity index (χ1v) is 6.53. The predicted molar refractivity (Wildman–Crippen MR) is 67.8 cm³/mol. The van der Waals surface area contributed by atoms with Crippen LogP contribution in [0.1, 0.15) is 53.9 Å². The van der Waals surface area contributed by atoms with Crippen LogP contribution in [0, 0.1) is 0 Å². The Labute approximate surface area is 112 Å². The van der Waals surface area contributed by atoms with E-state index in [1.807, 2.05) is 33.0 Å². The summed E-state index contributed by atoms with van der Waals surface area (Å²) in [4.78, 5) is 11.0. The highest BCUT2D eigenvalue weighted by atomic mass is 19.4. The molecule has 1 amide bonds. The number of ether oxygens (including phenoxy) is 1. The first-order chi connectivity index (χ1) is 8.47. The van der Waals surface area contributed by atoms with Gasteiger partial charge >= 0.3 is 12.1 Å². The molecule has 0 saturated heterocycles. The molecular formula is C13H24F3NO2. The Morgan fingerprint density at radius 2 is 1.79 bits per heavy atom. The van der Waals surface area contributed by atoms with Crippen LogP contribution in [0.2, 0.25) is 0 Å². The molecule has 19 heavy (non-hydrogen) atoms. The van der Waals surface area contributed by atoms with Crippen molar-refractivity contribution in [2.45, 2.75) is 77.8 Å². The van der Waals surface area contributed by atoms with Crippen LogP contribution in [-0.4, -0.2) is 29.8 Å². The minimum atomic E-state index is -4.86. The van der Waals surface area contributed by atoms with Crippen LogP contribution in [0.15, 0.2) is 0 Å². The van der Waals surface area contributed by atoms with Gasteiger partial charge < -0.3 is 10.1 Å². The van der Waals surface area contributed by atoms with Crippen LogP contribution in [-0.2, 0) is 9.53 Å². The molecule has 1 N–H and O–H groups in total. The number of alkyl halides is 3. The van der Waals surface area contributed by atoms with Gasteiger partial charge in [-0.2, -0.15) is 13.2 Å². The smallest absolute Gasteiger partial charge is 0.371 e. The van der Waals surface area contributed by atoms with Crippen LogP contribution >= 0.6 is 0 Å². The predicted octanol–water partition coefficient (Wildman–Crippen LogP) is 3.43. The molecule has 114 valence electrons. The Kier molecular flexibility index (Phi) is 6.83. The molecule has 0 heterocycles. The van der Waals surface area contributed by atoms with Gasteiger partial charge in [0.2, 0.25) is 0 Å². The van der Waals surface area contributed by atoms with E-state index in [1.165, 1.54) is 0 Å². The average molecular weight is 283 g/mol. The highest BCUT2D eigenvalue weighted by Crippen LogP contribution is 2.19. The minimum absolute atomic E-state index is 0.465. The van der Waals surface area contributed by atoms with Gasteiger partial charge in [-0.15, -0.1) is 0 Å². The van der Waals surface area contributed by atoms with Gasteiger partial charge in [0.1, 0.15) is 0 Å². The summed E-state index contributed by atoms with van der Waals surface area (Å²) < 4.78 is 42.5. The third-order valence-electron chi connectivity index (χ3n) is 2.55. The van der Waals surface area contributed by atoms with Gasteiger partial charge in [-0.05, 0) is 34.1 Å². The van der Waals surface area contributed by atoms with Gasteiger partial charge in [-0.25, -0.2) is 0 Å². The molecule has 0 unspecified atom stereocenters. The second kappa shape index (κ2) is 7.12. The van der Waals surface area contributed by atoms with Crippen LogP contribution in [0.4, 0.5) is 13.2 Å². The van der Waals surface area contributed by atoms with Crippen molar-refractivity contribution in [1.29, 1.82) is 0 Å². The van der Waals surface area contributed by atoms with Crippen molar-refractivity contribution in [2.75, 3.05) is 0 Å². The zero-order valence-corrected chi connectivity index (χ0v) is 12.2. The van der Waals surface area contributed by atoms with E-state index in [0.717, 1.165) is 12.8 Å². The molecule has 0 spiro atoms. The highest BCUT2D eigenvalue weighted by Gasteiger charge is 2.40. The number of hydrogen-bond acceptors (Lipinski definition) is 2. The van der Waals surface area contributed by atoms with Crippen LogP contribution in [0.25, 0.3) is 0 Å². The molecule has 0 fully saturated rings. The molecule has 0 aliphatic heterocycles. The molecule has 0 aliphatic rings. The number of amides is 1. The van der Waals surface area contributed by atoms with E-state index in [-0.39, 0.29) is 0 Å². The number of hydrogen-bond donors (Lipinski definition) is 1. The van der Waals surface area contributed by atoms with Gasteiger partial charge in [0.05, 0.1) is 17.7 Å². The molecule has 6 heteroatoms. The maximum Gasteiger partial charge on any atom is 0.471 e. The summed E-state index contributed by atoms with van der Waals surface area (Å²) in [6, 6.07) is -0.631. The first-order valence-electron chi connectivity index (χ1n) is 6.53. The Bertz CT molecular complexity index is 285. The molecule has 0 aliphatic carbocycles. The van der Waals surface area contributed by atoms with E-state index in [9.17, 15) is 18.0 Å². The standard InChI is InChI=1S/C13H24F3NO2/c1-6-7-8-10(9(2)19-12(3,4)5)17-11(18)13(14,15)16/h9-10H,6-8H2,1-5H3,(H,17,18)/t9-,10-/m0/s1. The summed E-state index contributed by atoms with van der Waals surface area (Å²) in [5.41, 5.74) is -0.465. The average Bonchev–Trinajstić information content (AvgIpc) is 2.19. The lowest BCUT2D eigenvalue weighted by atomic mass is 10.0. The highest BCUT2D eigenvalue weighted by molar-refractivity contribution is 5.81. The van der Waals surface area contributed by atoms with Crippen LogP contribution < -0.4 is 5.32 Å². The lowest BCUT2D eigenvalue weighted by Gasteiger charge is -2.31. The first kappa shape index (κ1) is 18.2. The van der Waals surface area contributed by atoms with E-state index in [0.29, 0.717) is 6.42 Å². The molecule has 3 nitrogen and oxygen atoms in total. The molecule has 0 radical (unpaired) electrons. The summed E-state index contributed by atoms with van der Waals surface area (Å²) in [7, 11) is 0. The molecule has 0 aromatic rings. The third kappa shape index (κ3) is 8.08. The molecular weight excluding hydrogens is 259 g/mol. The fourth-order valence-electron chi connectivity index (χ4n) is 1.74. The van der Waals surface area contributed by atoms with E-state index in [4.69, 9.17) is 4.74 Å². The Morgan fingerprint density at radius 1 is 1.26 bits per heavy atom. The second-order valence-corrected chi connectivity index (χ2v) is 5.66. The summed E-state index contributed by atoms with van der Waals surface area (Å²) in [6.07, 6.45) is -3.28. The lowest BCUT2D eigenvalue weighted by molar-refractivity contribution is -0.176. The maximum absolute atomic E-state index is 12.3. The monoisotopic (exact) mass is 283 g/mol. The Balaban J connectivity index is 4.67. The van der Waals surface area contributed by atoms with Crippen molar-refractivity contribution in [3.05, 3.63) is 0 Å². The number of unbranched alkanes of at least 4 members (excludes halogenated alkanes) is 1. The summed E-state index contributed by atoms with van der Waals surface area (Å²) in [5.74, 6) is -1.90. The van der Waals surface area contributed by atoms with E-state index in [1.54, 1.807) is 6.92 Å². The fourth-order valence-corrected chi connectivity index (χ4v) is 1.74. The van der Waals surface area contributed by atoms with Gasteiger partial charge in [0.15, 0.2) is 0 Å². The number of carbonyl (C=O) groups is 1. The van der Waals surface area contributed by atoms with Crippen molar-refractivity contribution < 1.29 is 22.7 Å². The number of nitrogens with one attached hydrogen (secondary N) is 1. The van der Waals surface area contributed by atoms with Gasteiger partial charge in [0.25, 0.3) is 0 Å². The summed E-state index contributed by atoms with van der Waals surface area (Å²) in [5, 5.41) is 2.03. The molecule has 0 bridgehead atoms. The quantitative estimate of drug-likeness (QED) is 0.811. The van der Waals surface area contributed by atoms with Crippen molar-refractivity contribution >= 4 is 5.91 Å². The van der Waals surface area contributed by atoms with Crippen molar-refractivity contribution in [3.8, 4) is 0 Å². The lowest BCUT2D eigenvalue weighted by Crippen LogP contribution is -2.49. The normalized spacial score (nSPS) is 16.0. The van der Waals surface area contributed by atoms with Crippen molar-refractivity contribution in [2.24, 2.45) is 0 Å². The van der Waals surface area contributed by atoms with E-state index < -0.39 is 29.8 Å². The number of carbonyl (C=O) groups excluding carboxylic acids is 1. The van der Waals surface area contributed by atoms with Crippen molar-refractivity contribution in [1.82, 2.24) is 5.32 Å². The Hall–Kier alpha value is -0.780. The van der Waals surface area contributed by atoms with Gasteiger partial charge in [0, 0.05) is 0 Å². The van der Waals surface area contributed by atoms with Crippen molar-refractivity contribution in [3.63, 3.8) is 0 Å². The minimum Gasteiger partial charge on any atom is -0.371 e. The molecule has 0 aromatic heterocycles. The zero-order chi connectivity index (χ0) is 15.3. The molecule has 0 saturated carbocycles. The van der Waals surface area contributed by atoms with Gasteiger partial charge in [-0.3, -0.25) is 4.79 Å². The Morgan fingerprint density at radius 3 is 2.16 bits per heavy atom. The molecule has 2 atom stereocenters. The zero-order valence-electron chi connectivity index (χ0n) is 12.2. The second-order valence-electron chi connectivity index (χ2n) is 5.66. The summed E-state index contributed by atoms with van der Waals surface area (Å²) >= 11 is 0. The summed E-state index contributed by atoms with van der Waals surface area (Å²) in [6.45, 7) is 9.10. The van der Waals surface area contributed by atoms with Crippen LogP contribution in [0.3, 0.4) is 0 Å². The van der Waals surface area contributed by atoms with Crippen LogP contribution in [0.5, 0.6) is 0 Å². The molecule has 0 rings (SSSR count). The van der Waals surface area contributed by atoms with E-state index >= 15 is 0 Å². The number of rotatable bonds is 6. The SMILES string of the molecule is CCCC[C@H](NC(=O)C(F)(F)F)[C@H](C)OC(C)(C)C. The third-order valence-corrected chi connectivity index (χ3v) is 2.55.